The molecule has 0 aliphatic rings. The minimum absolute atomic E-state index is 0.0391. The van der Waals surface area contributed by atoms with E-state index in [2.05, 4.69) is 16.0 Å². The van der Waals surface area contributed by atoms with Crippen molar-refractivity contribution >= 4 is 23.7 Å². The van der Waals surface area contributed by atoms with E-state index in [9.17, 15) is 19.2 Å². The molecule has 2 aromatic rings. The lowest BCUT2D eigenvalue weighted by Gasteiger charge is -2.09. The molecule has 0 unspecified atom stereocenters. The van der Waals surface area contributed by atoms with Crippen LogP contribution in [0.2, 0.25) is 0 Å². The summed E-state index contributed by atoms with van der Waals surface area (Å²) in [6, 6.07) is 15.4. The Morgan fingerprint density at radius 3 is 1.32 bits per heavy atom. The number of nitrogens with one attached hydrogen (secondary N) is 3. The third-order valence-corrected chi connectivity index (χ3v) is 5.79. The maximum absolute atomic E-state index is 12.2. The van der Waals surface area contributed by atoms with E-state index < -0.39 is 5.97 Å². The monoisotopic (exact) mass is 510 g/mol. The predicted octanol–water partition coefficient (Wildman–Crippen LogP) is 2.90. The first kappa shape index (κ1) is 29.5. The predicted molar refractivity (Wildman–Crippen MR) is 141 cm³/mol. The number of hydrogen-bond donors (Lipinski definition) is 5. The third-order valence-electron chi connectivity index (χ3n) is 5.79. The minimum Gasteiger partial charge on any atom is -0.481 e. The summed E-state index contributed by atoms with van der Waals surface area (Å²) in [6.07, 6.45) is 3.37. The van der Waals surface area contributed by atoms with Crippen molar-refractivity contribution in [1.29, 1.82) is 0 Å². The molecule has 0 spiro atoms. The zero-order valence-corrected chi connectivity index (χ0v) is 21.3. The number of amides is 3. The molecule has 37 heavy (non-hydrogen) atoms. The normalized spacial score (nSPS) is 10.5. The summed E-state index contributed by atoms with van der Waals surface area (Å²) in [5, 5.41) is 17.3. The van der Waals surface area contributed by atoms with Crippen LogP contribution in [-0.4, -0.2) is 28.8 Å². The summed E-state index contributed by atoms with van der Waals surface area (Å²) in [5.41, 5.74) is 9.53. The van der Waals surface area contributed by atoms with Gasteiger partial charge in [0.2, 0.25) is 17.7 Å². The standard InChI is InChI=1S/C28H38N4O5/c29-17-21-7-5-8-22(15-21)18-30-25(33)11-1-2-12-26(34)31-19-23-9-6-10-24(16-23)20-32-27(35)13-3-4-14-28(36)37/h5-10,15-16H,1-4,11-14,17-20,29H2,(H,30,33)(H,31,34)(H,32,35)(H,36,37). The molecule has 6 N–H and O–H groups in total. The number of carboxylic acids is 1. The Morgan fingerprint density at radius 2 is 0.946 bits per heavy atom. The quantitative estimate of drug-likeness (QED) is 0.207. The molecule has 0 bridgehead atoms. The van der Waals surface area contributed by atoms with Gasteiger partial charge in [-0.1, -0.05) is 48.5 Å². The van der Waals surface area contributed by atoms with E-state index >= 15 is 0 Å². The Balaban J connectivity index is 1.58. The molecule has 200 valence electrons. The van der Waals surface area contributed by atoms with E-state index in [-0.39, 0.29) is 24.1 Å². The molecule has 0 saturated carbocycles. The zero-order chi connectivity index (χ0) is 26.9. The summed E-state index contributed by atoms with van der Waals surface area (Å²) >= 11 is 0. The van der Waals surface area contributed by atoms with Crippen molar-refractivity contribution in [3.05, 3.63) is 70.8 Å². The van der Waals surface area contributed by atoms with Crippen LogP contribution in [0.25, 0.3) is 0 Å². The van der Waals surface area contributed by atoms with Crippen molar-refractivity contribution in [2.75, 3.05) is 0 Å². The van der Waals surface area contributed by atoms with Gasteiger partial charge in [-0.25, -0.2) is 0 Å². The molecule has 0 aliphatic heterocycles. The number of carboxylic acid groups (broad SMARTS) is 1. The van der Waals surface area contributed by atoms with Gasteiger partial charge in [0.25, 0.3) is 0 Å². The van der Waals surface area contributed by atoms with E-state index in [4.69, 9.17) is 10.8 Å². The molecular formula is C28H38N4O5. The van der Waals surface area contributed by atoms with Crippen molar-refractivity contribution in [3.8, 4) is 0 Å². The average molecular weight is 511 g/mol. The van der Waals surface area contributed by atoms with Crippen LogP contribution in [0, 0.1) is 0 Å². The highest BCUT2D eigenvalue weighted by Crippen LogP contribution is 2.08. The van der Waals surface area contributed by atoms with E-state index in [1.807, 2.05) is 48.5 Å². The van der Waals surface area contributed by atoms with Crippen LogP contribution in [0.1, 0.15) is 73.6 Å². The molecule has 0 aromatic heterocycles. The number of carbonyl (C=O) groups excluding carboxylic acids is 3. The van der Waals surface area contributed by atoms with Gasteiger partial charge in [-0.05, 0) is 47.9 Å². The Morgan fingerprint density at radius 1 is 0.595 bits per heavy atom. The summed E-state index contributed by atoms with van der Waals surface area (Å²) in [6.45, 7) is 1.69. The average Bonchev–Trinajstić information content (AvgIpc) is 2.90. The van der Waals surface area contributed by atoms with Crippen molar-refractivity contribution in [2.24, 2.45) is 5.73 Å². The van der Waals surface area contributed by atoms with Gasteiger partial charge in [-0.2, -0.15) is 0 Å². The van der Waals surface area contributed by atoms with Gasteiger partial charge < -0.3 is 26.8 Å². The van der Waals surface area contributed by atoms with E-state index in [1.54, 1.807) is 0 Å². The van der Waals surface area contributed by atoms with Gasteiger partial charge >= 0.3 is 5.97 Å². The Kier molecular flexibility index (Phi) is 13.4. The second kappa shape index (κ2) is 16.9. The van der Waals surface area contributed by atoms with Crippen molar-refractivity contribution < 1.29 is 24.3 Å². The van der Waals surface area contributed by atoms with Crippen LogP contribution in [0.3, 0.4) is 0 Å². The number of nitrogens with two attached hydrogens (primary N) is 1. The third kappa shape index (κ3) is 13.2. The molecule has 0 atom stereocenters. The highest BCUT2D eigenvalue weighted by atomic mass is 16.4. The molecule has 0 fully saturated rings. The van der Waals surface area contributed by atoms with Crippen LogP contribution in [-0.2, 0) is 45.4 Å². The molecule has 0 heterocycles. The zero-order valence-electron chi connectivity index (χ0n) is 21.3. The molecule has 2 rings (SSSR count). The number of carbonyl (C=O) groups is 4. The Hall–Kier alpha value is -3.72. The fourth-order valence-corrected chi connectivity index (χ4v) is 3.72. The van der Waals surface area contributed by atoms with Crippen LogP contribution < -0.4 is 21.7 Å². The summed E-state index contributed by atoms with van der Waals surface area (Å²) < 4.78 is 0. The van der Waals surface area contributed by atoms with Crippen molar-refractivity contribution in [3.63, 3.8) is 0 Å². The summed E-state index contributed by atoms with van der Waals surface area (Å²) in [5.74, 6) is -1.08. The maximum atomic E-state index is 12.2. The Bertz CT molecular complexity index is 1040. The van der Waals surface area contributed by atoms with Gasteiger partial charge in [-0.3, -0.25) is 19.2 Å². The van der Waals surface area contributed by atoms with E-state index in [0.29, 0.717) is 71.1 Å². The molecule has 0 saturated heterocycles. The second-order valence-electron chi connectivity index (χ2n) is 8.98. The number of rotatable bonds is 17. The first-order valence-electron chi connectivity index (χ1n) is 12.7. The molecule has 3 amide bonds. The molecule has 0 aliphatic carbocycles. The fraction of sp³-hybridized carbons (Fsp3) is 0.429. The molecular weight excluding hydrogens is 472 g/mol. The highest BCUT2D eigenvalue weighted by molar-refractivity contribution is 5.77. The van der Waals surface area contributed by atoms with Gasteiger partial charge in [0, 0.05) is 51.9 Å². The Labute approximate surface area is 218 Å². The summed E-state index contributed by atoms with van der Waals surface area (Å²) in [7, 11) is 0. The van der Waals surface area contributed by atoms with Crippen molar-refractivity contribution in [2.45, 2.75) is 77.5 Å². The fourth-order valence-electron chi connectivity index (χ4n) is 3.72. The number of aliphatic carboxylic acids is 1. The van der Waals surface area contributed by atoms with Gasteiger partial charge in [-0.15, -0.1) is 0 Å². The van der Waals surface area contributed by atoms with E-state index in [1.165, 1.54) is 0 Å². The smallest absolute Gasteiger partial charge is 0.303 e. The largest absolute Gasteiger partial charge is 0.481 e. The maximum Gasteiger partial charge on any atom is 0.303 e. The topological polar surface area (TPSA) is 151 Å². The lowest BCUT2D eigenvalue weighted by atomic mass is 10.1. The van der Waals surface area contributed by atoms with Gasteiger partial charge in [0.05, 0.1) is 0 Å². The van der Waals surface area contributed by atoms with Gasteiger partial charge in [0.1, 0.15) is 0 Å². The van der Waals surface area contributed by atoms with Crippen LogP contribution >= 0.6 is 0 Å². The first-order chi connectivity index (χ1) is 17.9. The minimum atomic E-state index is -0.853. The lowest BCUT2D eigenvalue weighted by Crippen LogP contribution is -2.24. The molecule has 9 nitrogen and oxygen atoms in total. The number of hydrogen-bond acceptors (Lipinski definition) is 5. The lowest BCUT2D eigenvalue weighted by molar-refractivity contribution is -0.137. The number of benzene rings is 2. The highest BCUT2D eigenvalue weighted by Gasteiger charge is 2.07. The molecule has 9 heteroatoms. The summed E-state index contributed by atoms with van der Waals surface area (Å²) in [4.78, 5) is 46.7. The number of unbranched alkanes of at least 4 members (excludes halogenated alkanes) is 2. The van der Waals surface area contributed by atoms with Gasteiger partial charge in [0.15, 0.2) is 0 Å². The van der Waals surface area contributed by atoms with E-state index in [0.717, 1.165) is 22.3 Å². The first-order valence-corrected chi connectivity index (χ1v) is 12.7. The van der Waals surface area contributed by atoms with Crippen LogP contribution in [0.15, 0.2) is 48.5 Å². The molecule has 2 aromatic carbocycles. The second-order valence-corrected chi connectivity index (χ2v) is 8.98. The van der Waals surface area contributed by atoms with Crippen LogP contribution in [0.5, 0.6) is 0 Å². The SMILES string of the molecule is NCc1cccc(CNC(=O)CCCCC(=O)NCc2cccc(CNC(=O)CCCCC(=O)O)c2)c1. The molecule has 0 radical (unpaired) electrons. The van der Waals surface area contributed by atoms with Crippen molar-refractivity contribution in [1.82, 2.24) is 16.0 Å². The van der Waals surface area contributed by atoms with Crippen LogP contribution in [0.4, 0.5) is 0 Å².